The summed E-state index contributed by atoms with van der Waals surface area (Å²) in [5, 5.41) is 15.4. The molecule has 2 fully saturated rings. The highest BCUT2D eigenvalue weighted by Crippen LogP contribution is 2.36. The lowest BCUT2D eigenvalue weighted by Crippen LogP contribution is -2.54. The SMILES string of the molecule is COCCN1CCN(C(C)(C)/C=C(/C#N)C(=O)N2CCC[C@@H](n3nc(-c4ccc(Oc5ccccc5)cc4F)c4c(N)ncnc43)C2)CC1. The molecular weight excluding hydrogens is 625 g/mol. The van der Waals surface area contributed by atoms with Gasteiger partial charge in [-0.1, -0.05) is 18.2 Å². The zero-order valence-electron chi connectivity index (χ0n) is 28.2. The Kier molecular flexibility index (Phi) is 10.2. The third kappa shape index (κ3) is 7.41. The number of fused-ring (bicyclic) bond motifs is 1. The lowest BCUT2D eigenvalue weighted by molar-refractivity contribution is -0.128. The van der Waals surface area contributed by atoms with Crippen LogP contribution in [-0.2, 0) is 9.53 Å². The van der Waals surface area contributed by atoms with Gasteiger partial charge in [-0.25, -0.2) is 19.0 Å². The highest BCUT2D eigenvalue weighted by molar-refractivity contribution is 5.99. The number of methoxy groups -OCH3 is 1. The molecule has 4 aromatic rings. The highest BCUT2D eigenvalue weighted by atomic mass is 19.1. The van der Waals surface area contributed by atoms with E-state index >= 15 is 4.39 Å². The number of para-hydroxylation sites is 1. The average Bonchev–Trinajstić information content (AvgIpc) is 3.51. The van der Waals surface area contributed by atoms with Gasteiger partial charge in [0.1, 0.15) is 46.8 Å². The first-order chi connectivity index (χ1) is 23.7. The molecular formula is C36H42FN9O3. The Bertz CT molecular complexity index is 1860. The standard InChI is InChI=1S/C36H42FN9O3/c1-36(2,45-16-14-43(15-17-45)18-19-48-3)21-25(22-38)35(47)44-13-7-8-26(23-44)46-34-31(33(39)40-24-41-34)32(42-46)29-12-11-28(20-30(29)37)49-27-9-5-4-6-10-27/h4-6,9-12,20-21,24,26H,7-8,13-19,23H2,1-3H3,(H2,39,40,41)/b25-21-/t26-/m1/s1. The van der Waals surface area contributed by atoms with Crippen LogP contribution < -0.4 is 10.5 Å². The average molecular weight is 668 g/mol. The number of piperidine rings is 1. The van der Waals surface area contributed by atoms with Crippen LogP contribution in [0.5, 0.6) is 11.5 Å². The van der Waals surface area contributed by atoms with Gasteiger partial charge in [0, 0.05) is 70.1 Å². The van der Waals surface area contributed by atoms with Crippen LogP contribution in [0.2, 0.25) is 0 Å². The molecule has 13 heteroatoms. The number of anilines is 1. The van der Waals surface area contributed by atoms with E-state index in [2.05, 4.69) is 25.8 Å². The van der Waals surface area contributed by atoms with Gasteiger partial charge in [0.05, 0.1) is 18.0 Å². The maximum absolute atomic E-state index is 15.7. The van der Waals surface area contributed by atoms with Gasteiger partial charge in [-0.3, -0.25) is 14.6 Å². The molecule has 12 nitrogen and oxygen atoms in total. The minimum absolute atomic E-state index is 0.116. The van der Waals surface area contributed by atoms with E-state index in [1.165, 1.54) is 12.4 Å². The number of carbonyl (C=O) groups is 1. The van der Waals surface area contributed by atoms with Crippen LogP contribution in [0, 0.1) is 17.1 Å². The van der Waals surface area contributed by atoms with E-state index in [0.717, 1.165) is 32.7 Å². The second-order valence-electron chi connectivity index (χ2n) is 13.0. The maximum Gasteiger partial charge on any atom is 0.264 e. The largest absolute Gasteiger partial charge is 0.457 e. The van der Waals surface area contributed by atoms with Gasteiger partial charge < -0.3 is 20.1 Å². The van der Waals surface area contributed by atoms with Crippen molar-refractivity contribution < 1.29 is 18.7 Å². The van der Waals surface area contributed by atoms with E-state index in [4.69, 9.17) is 20.3 Å². The summed E-state index contributed by atoms with van der Waals surface area (Å²) >= 11 is 0. The number of carbonyl (C=O) groups excluding carboxylic acids is 1. The number of nitrogen functional groups attached to an aromatic ring is 1. The summed E-state index contributed by atoms with van der Waals surface area (Å²) in [5.41, 5.74) is 6.94. The Labute approximate surface area is 285 Å². The number of hydrogen-bond acceptors (Lipinski definition) is 10. The molecule has 0 aliphatic carbocycles. The summed E-state index contributed by atoms with van der Waals surface area (Å²) in [6, 6.07) is 15.6. The highest BCUT2D eigenvalue weighted by Gasteiger charge is 2.33. The number of halogens is 1. The number of nitrogens with two attached hydrogens (primary N) is 1. The fourth-order valence-corrected chi connectivity index (χ4v) is 6.68. The molecule has 1 atom stereocenters. The van der Waals surface area contributed by atoms with Crippen molar-refractivity contribution >= 4 is 22.8 Å². The number of piperazine rings is 1. The molecule has 2 aliphatic heterocycles. The second kappa shape index (κ2) is 14.7. The molecule has 2 saturated heterocycles. The van der Waals surface area contributed by atoms with Crippen molar-refractivity contribution in [1.29, 1.82) is 5.26 Å². The number of rotatable bonds is 10. The number of amides is 1. The number of ether oxygens (including phenoxy) is 2. The van der Waals surface area contributed by atoms with Gasteiger partial charge in [-0.2, -0.15) is 10.4 Å². The molecule has 1 amide bonds. The molecule has 256 valence electrons. The zero-order chi connectivity index (χ0) is 34.5. The van der Waals surface area contributed by atoms with Crippen LogP contribution in [0.1, 0.15) is 32.7 Å². The topological polar surface area (TPSA) is 139 Å². The van der Waals surface area contributed by atoms with Crippen molar-refractivity contribution in [2.45, 2.75) is 38.3 Å². The van der Waals surface area contributed by atoms with Crippen LogP contribution in [0.15, 0.2) is 66.5 Å². The second-order valence-corrected chi connectivity index (χ2v) is 13.0. The van der Waals surface area contributed by atoms with Gasteiger partial charge in [0.2, 0.25) is 0 Å². The molecule has 2 aromatic heterocycles. The van der Waals surface area contributed by atoms with Crippen molar-refractivity contribution in [3.8, 4) is 28.8 Å². The molecule has 2 aliphatic rings. The molecule has 2 aromatic carbocycles. The van der Waals surface area contributed by atoms with Crippen molar-refractivity contribution in [2.24, 2.45) is 0 Å². The predicted molar refractivity (Wildman–Crippen MR) is 184 cm³/mol. The van der Waals surface area contributed by atoms with Crippen LogP contribution in [0.4, 0.5) is 10.2 Å². The van der Waals surface area contributed by atoms with Crippen molar-refractivity contribution in [3.05, 3.63) is 72.3 Å². The zero-order valence-corrected chi connectivity index (χ0v) is 28.2. The quantitative estimate of drug-likeness (QED) is 0.188. The molecule has 6 rings (SSSR count). The van der Waals surface area contributed by atoms with E-state index < -0.39 is 11.4 Å². The summed E-state index contributed by atoms with van der Waals surface area (Å²) in [5.74, 6) is 0.260. The Morgan fingerprint density at radius 2 is 1.88 bits per heavy atom. The lowest BCUT2D eigenvalue weighted by atomic mass is 9.96. The first-order valence-corrected chi connectivity index (χ1v) is 16.6. The maximum atomic E-state index is 15.7. The summed E-state index contributed by atoms with van der Waals surface area (Å²) in [7, 11) is 1.71. The Morgan fingerprint density at radius 3 is 2.59 bits per heavy atom. The summed E-state index contributed by atoms with van der Waals surface area (Å²) in [6.07, 6.45) is 4.56. The van der Waals surface area contributed by atoms with Gasteiger partial charge in [0.25, 0.3) is 5.91 Å². The number of nitriles is 1. The Morgan fingerprint density at radius 1 is 1.10 bits per heavy atom. The molecule has 0 saturated carbocycles. The molecule has 0 unspecified atom stereocenters. The summed E-state index contributed by atoms with van der Waals surface area (Å²) in [4.78, 5) is 28.9. The van der Waals surface area contributed by atoms with Gasteiger partial charge in [-0.05, 0) is 57.0 Å². The molecule has 49 heavy (non-hydrogen) atoms. The normalized spacial score (nSPS) is 18.1. The molecule has 0 bridgehead atoms. The minimum atomic E-state index is -0.536. The summed E-state index contributed by atoms with van der Waals surface area (Å²) < 4.78 is 28.4. The minimum Gasteiger partial charge on any atom is -0.457 e. The van der Waals surface area contributed by atoms with Crippen LogP contribution in [-0.4, -0.2) is 105 Å². The third-order valence-electron chi connectivity index (χ3n) is 9.37. The summed E-state index contributed by atoms with van der Waals surface area (Å²) in [6.45, 7) is 9.93. The van der Waals surface area contributed by atoms with Crippen molar-refractivity contribution in [1.82, 2.24) is 34.4 Å². The fraction of sp³-hybridized carbons (Fsp3) is 0.417. The Hall–Kier alpha value is -4.90. The van der Waals surface area contributed by atoms with E-state index in [1.54, 1.807) is 47.0 Å². The number of benzene rings is 2. The lowest BCUT2D eigenvalue weighted by Gasteiger charge is -2.43. The Balaban J connectivity index is 1.22. The van der Waals surface area contributed by atoms with E-state index in [9.17, 15) is 10.1 Å². The first kappa shape index (κ1) is 34.0. The predicted octanol–water partition coefficient (Wildman–Crippen LogP) is 4.66. The van der Waals surface area contributed by atoms with Gasteiger partial charge in [-0.15, -0.1) is 0 Å². The molecule has 0 spiro atoms. The fourth-order valence-electron chi connectivity index (χ4n) is 6.68. The van der Waals surface area contributed by atoms with Gasteiger partial charge >= 0.3 is 0 Å². The first-order valence-electron chi connectivity index (χ1n) is 16.6. The number of nitrogens with zero attached hydrogens (tertiary/aromatic N) is 8. The van der Waals surface area contributed by atoms with Crippen molar-refractivity contribution in [2.75, 3.05) is 65.3 Å². The monoisotopic (exact) mass is 667 g/mol. The van der Waals surface area contributed by atoms with Crippen LogP contribution >= 0.6 is 0 Å². The van der Waals surface area contributed by atoms with E-state index in [1.807, 2.05) is 32.0 Å². The van der Waals surface area contributed by atoms with E-state index in [0.29, 0.717) is 60.8 Å². The third-order valence-corrected chi connectivity index (χ3v) is 9.37. The molecule has 0 radical (unpaired) electrons. The smallest absolute Gasteiger partial charge is 0.264 e. The van der Waals surface area contributed by atoms with E-state index in [-0.39, 0.29) is 28.9 Å². The van der Waals surface area contributed by atoms with Crippen molar-refractivity contribution in [3.63, 3.8) is 0 Å². The number of aromatic nitrogens is 4. The van der Waals surface area contributed by atoms with Gasteiger partial charge in [0.15, 0.2) is 5.65 Å². The number of likely N-dealkylation sites (tertiary alicyclic amines) is 1. The molecule has 4 heterocycles. The number of hydrogen-bond donors (Lipinski definition) is 1. The molecule has 2 N–H and O–H groups in total. The van der Waals surface area contributed by atoms with Crippen LogP contribution in [0.3, 0.4) is 0 Å². The van der Waals surface area contributed by atoms with Crippen LogP contribution in [0.25, 0.3) is 22.3 Å².